The SMILES string of the molecule is c1cc(-c2nc(-c3cccc4ccccc34)c3ccccc3n2)cc(-c2nc3ccccc3c3c2ccc2c4ccccc4sc23)c1. The molecule has 3 aromatic heterocycles. The van der Waals surface area contributed by atoms with Gasteiger partial charge < -0.3 is 0 Å². The minimum atomic E-state index is 0.700. The van der Waals surface area contributed by atoms with Gasteiger partial charge in [-0.05, 0) is 35.0 Å². The van der Waals surface area contributed by atoms with Gasteiger partial charge >= 0.3 is 0 Å². The Hall–Kier alpha value is -5.97. The van der Waals surface area contributed by atoms with Gasteiger partial charge in [0, 0.05) is 58.4 Å². The van der Waals surface area contributed by atoms with E-state index in [9.17, 15) is 0 Å². The van der Waals surface area contributed by atoms with Crippen LogP contribution in [0.15, 0.2) is 152 Å². The van der Waals surface area contributed by atoms with Crippen LogP contribution in [0.5, 0.6) is 0 Å². The van der Waals surface area contributed by atoms with E-state index in [0.717, 1.165) is 49.9 Å². The molecule has 7 aromatic carbocycles. The smallest absolute Gasteiger partial charge is 0.160 e. The number of hydrogen-bond donors (Lipinski definition) is 0. The molecule has 0 aliphatic heterocycles. The fourth-order valence-electron chi connectivity index (χ4n) is 7.09. The molecule has 10 aromatic rings. The van der Waals surface area contributed by atoms with E-state index in [1.807, 2.05) is 17.4 Å². The molecule has 0 bridgehead atoms. The van der Waals surface area contributed by atoms with Crippen LogP contribution in [-0.2, 0) is 0 Å². The van der Waals surface area contributed by atoms with Crippen molar-refractivity contribution in [3.63, 3.8) is 0 Å². The third kappa shape index (κ3) is 4.09. The molecule has 0 saturated carbocycles. The predicted molar refractivity (Wildman–Crippen MR) is 199 cm³/mol. The number of rotatable bonds is 3. The van der Waals surface area contributed by atoms with Crippen molar-refractivity contribution in [2.24, 2.45) is 0 Å². The van der Waals surface area contributed by atoms with Crippen molar-refractivity contribution >= 4 is 74.9 Å². The molecular weight excluding hydrogens is 591 g/mol. The van der Waals surface area contributed by atoms with E-state index in [4.69, 9.17) is 15.0 Å². The van der Waals surface area contributed by atoms with E-state index in [0.29, 0.717) is 5.82 Å². The van der Waals surface area contributed by atoms with Crippen LogP contribution in [0.3, 0.4) is 0 Å². The first-order chi connectivity index (χ1) is 23.3. The molecule has 0 atom stereocenters. The number of hydrogen-bond acceptors (Lipinski definition) is 4. The lowest BCUT2D eigenvalue weighted by Gasteiger charge is -2.13. The van der Waals surface area contributed by atoms with E-state index < -0.39 is 0 Å². The molecule has 47 heavy (non-hydrogen) atoms. The summed E-state index contributed by atoms with van der Waals surface area (Å²) < 4.78 is 2.60. The standard InChI is InChI=1S/C43H25N3S/c1-2-15-29-26(11-1)12-10-19-31(29)41-34-18-4-7-21-37(34)45-43(46-41)28-14-9-13-27(25-28)40-35-24-23-32-30-16-5-8-22-38(30)47-42(32)39(35)33-17-3-6-20-36(33)44-40/h1-25H. The Balaban J connectivity index is 1.21. The van der Waals surface area contributed by atoms with Crippen LogP contribution in [0.1, 0.15) is 0 Å². The Kier molecular flexibility index (Phi) is 5.74. The highest BCUT2D eigenvalue weighted by Crippen LogP contribution is 2.43. The van der Waals surface area contributed by atoms with E-state index in [-0.39, 0.29) is 0 Å². The van der Waals surface area contributed by atoms with Gasteiger partial charge in [-0.2, -0.15) is 0 Å². The van der Waals surface area contributed by atoms with Crippen LogP contribution < -0.4 is 0 Å². The van der Waals surface area contributed by atoms with Crippen LogP contribution in [0.25, 0.3) is 97.4 Å². The van der Waals surface area contributed by atoms with Crippen LogP contribution in [0.2, 0.25) is 0 Å². The van der Waals surface area contributed by atoms with Crippen LogP contribution >= 0.6 is 11.3 Å². The number of para-hydroxylation sites is 2. The zero-order valence-electron chi connectivity index (χ0n) is 25.2. The highest BCUT2D eigenvalue weighted by Gasteiger charge is 2.18. The molecule has 3 nitrogen and oxygen atoms in total. The molecule has 0 spiro atoms. The molecule has 0 aliphatic rings. The van der Waals surface area contributed by atoms with Crippen molar-refractivity contribution < 1.29 is 0 Å². The second-order valence-corrected chi connectivity index (χ2v) is 13.0. The van der Waals surface area contributed by atoms with Crippen molar-refractivity contribution in [3.8, 4) is 33.9 Å². The van der Waals surface area contributed by atoms with Crippen molar-refractivity contribution in [1.82, 2.24) is 15.0 Å². The molecule has 4 heteroatoms. The zero-order chi connectivity index (χ0) is 30.9. The molecule has 10 rings (SSSR count). The Bertz CT molecular complexity index is 2860. The number of aromatic nitrogens is 3. The van der Waals surface area contributed by atoms with E-state index >= 15 is 0 Å². The number of thiophene rings is 1. The van der Waals surface area contributed by atoms with Crippen LogP contribution in [0.4, 0.5) is 0 Å². The molecule has 0 amide bonds. The summed E-state index contributed by atoms with van der Waals surface area (Å²) in [4.78, 5) is 15.7. The lowest BCUT2D eigenvalue weighted by Crippen LogP contribution is -1.96. The number of fused-ring (bicyclic) bond motifs is 9. The monoisotopic (exact) mass is 615 g/mol. The first kappa shape index (κ1) is 26.3. The van der Waals surface area contributed by atoms with Crippen LogP contribution in [0, 0.1) is 0 Å². The molecule has 0 fully saturated rings. The Morgan fingerprint density at radius 1 is 0.404 bits per heavy atom. The Morgan fingerprint density at radius 3 is 1.96 bits per heavy atom. The van der Waals surface area contributed by atoms with E-state index in [2.05, 4.69) is 146 Å². The average Bonchev–Trinajstić information content (AvgIpc) is 3.53. The maximum absolute atomic E-state index is 5.28. The molecule has 0 unspecified atom stereocenters. The molecule has 0 saturated heterocycles. The van der Waals surface area contributed by atoms with Gasteiger partial charge in [0.05, 0.1) is 22.4 Å². The molecule has 0 radical (unpaired) electrons. The highest BCUT2D eigenvalue weighted by atomic mass is 32.1. The molecule has 3 heterocycles. The lowest BCUT2D eigenvalue weighted by molar-refractivity contribution is 1.23. The third-order valence-corrected chi connectivity index (χ3v) is 10.5. The van der Waals surface area contributed by atoms with Gasteiger partial charge in [0.25, 0.3) is 0 Å². The number of benzene rings is 7. The van der Waals surface area contributed by atoms with Crippen molar-refractivity contribution in [2.75, 3.05) is 0 Å². The van der Waals surface area contributed by atoms with Crippen molar-refractivity contribution in [2.45, 2.75) is 0 Å². The molecular formula is C43H25N3S. The van der Waals surface area contributed by atoms with Gasteiger partial charge in [0.15, 0.2) is 5.82 Å². The fraction of sp³-hybridized carbons (Fsp3) is 0. The van der Waals surface area contributed by atoms with Gasteiger partial charge in [-0.1, -0.05) is 127 Å². The van der Waals surface area contributed by atoms with Gasteiger partial charge in [0.1, 0.15) is 0 Å². The number of nitrogens with zero attached hydrogens (tertiary/aromatic N) is 3. The van der Waals surface area contributed by atoms with Crippen molar-refractivity contribution in [1.29, 1.82) is 0 Å². The maximum atomic E-state index is 5.28. The second-order valence-electron chi connectivity index (χ2n) is 12.0. The topological polar surface area (TPSA) is 38.7 Å². The summed E-state index contributed by atoms with van der Waals surface area (Å²) in [5.41, 5.74) is 6.93. The lowest BCUT2D eigenvalue weighted by atomic mass is 9.97. The molecule has 218 valence electrons. The highest BCUT2D eigenvalue weighted by molar-refractivity contribution is 7.26. The van der Waals surface area contributed by atoms with E-state index in [1.165, 1.54) is 41.7 Å². The summed E-state index contributed by atoms with van der Waals surface area (Å²) in [5.74, 6) is 0.700. The summed E-state index contributed by atoms with van der Waals surface area (Å²) in [5, 5.41) is 9.59. The number of pyridine rings is 1. The normalized spacial score (nSPS) is 11.8. The summed E-state index contributed by atoms with van der Waals surface area (Å²) in [7, 11) is 0. The van der Waals surface area contributed by atoms with Gasteiger partial charge in [-0.25, -0.2) is 15.0 Å². The largest absolute Gasteiger partial charge is 0.247 e. The van der Waals surface area contributed by atoms with E-state index in [1.54, 1.807) is 0 Å². The average molecular weight is 616 g/mol. The van der Waals surface area contributed by atoms with Gasteiger partial charge in [0.2, 0.25) is 0 Å². The first-order valence-corrected chi connectivity index (χ1v) is 16.6. The summed E-state index contributed by atoms with van der Waals surface area (Å²) in [6, 6.07) is 53.5. The van der Waals surface area contributed by atoms with Crippen LogP contribution in [-0.4, -0.2) is 15.0 Å². The predicted octanol–water partition coefficient (Wildman–Crippen LogP) is 11.9. The second kappa shape index (κ2) is 10.3. The third-order valence-electron chi connectivity index (χ3n) is 9.25. The zero-order valence-corrected chi connectivity index (χ0v) is 26.0. The maximum Gasteiger partial charge on any atom is 0.160 e. The first-order valence-electron chi connectivity index (χ1n) is 15.8. The van der Waals surface area contributed by atoms with Gasteiger partial charge in [-0.3, -0.25) is 0 Å². The molecule has 0 aliphatic carbocycles. The summed E-state index contributed by atoms with van der Waals surface area (Å²) in [6.07, 6.45) is 0. The minimum Gasteiger partial charge on any atom is -0.247 e. The Morgan fingerprint density at radius 2 is 1.06 bits per heavy atom. The summed E-state index contributed by atoms with van der Waals surface area (Å²) in [6.45, 7) is 0. The quantitative estimate of drug-likeness (QED) is 0.186. The molecule has 0 N–H and O–H groups in total. The fourth-order valence-corrected chi connectivity index (χ4v) is 8.35. The minimum absolute atomic E-state index is 0.700. The Labute approximate surface area is 274 Å². The summed E-state index contributed by atoms with van der Waals surface area (Å²) >= 11 is 1.86. The van der Waals surface area contributed by atoms with Gasteiger partial charge in [-0.15, -0.1) is 11.3 Å². The van der Waals surface area contributed by atoms with Crippen molar-refractivity contribution in [3.05, 3.63) is 152 Å².